The summed E-state index contributed by atoms with van der Waals surface area (Å²) in [6, 6.07) is 3.99. The third-order valence-corrected chi connectivity index (χ3v) is 5.20. The largest absolute Gasteiger partial charge is 0.459 e. The van der Waals surface area contributed by atoms with Crippen LogP contribution in [-0.4, -0.2) is 60.6 Å². The van der Waals surface area contributed by atoms with E-state index < -0.39 is 0 Å². The molecule has 22 heavy (non-hydrogen) atoms. The Bertz CT molecular complexity index is 512. The molecule has 0 radical (unpaired) electrons. The first-order valence-electron chi connectivity index (χ1n) is 8.49. The molecule has 1 aromatic rings. The molecule has 0 N–H and O–H groups in total. The van der Waals surface area contributed by atoms with E-state index in [-0.39, 0.29) is 12.0 Å². The van der Waals surface area contributed by atoms with Gasteiger partial charge in [0.05, 0.1) is 19.0 Å². The van der Waals surface area contributed by atoms with Crippen molar-refractivity contribution >= 4 is 5.91 Å². The number of rotatable bonds is 3. The molecule has 3 fully saturated rings. The smallest absolute Gasteiger partial charge is 0.289 e. The minimum Gasteiger partial charge on any atom is -0.459 e. The highest BCUT2D eigenvalue weighted by Crippen LogP contribution is 2.33. The highest BCUT2D eigenvalue weighted by molar-refractivity contribution is 5.91. The molecule has 0 spiro atoms. The van der Waals surface area contributed by atoms with E-state index in [4.69, 9.17) is 9.15 Å². The van der Waals surface area contributed by atoms with Crippen molar-refractivity contribution in [1.29, 1.82) is 0 Å². The molecule has 120 valence electrons. The normalized spacial score (nSPS) is 29.9. The van der Waals surface area contributed by atoms with Crippen molar-refractivity contribution in [2.24, 2.45) is 5.92 Å². The Labute approximate surface area is 131 Å². The predicted octanol–water partition coefficient (Wildman–Crippen LogP) is 2.00. The number of fused-ring (bicyclic) bond motifs is 1. The van der Waals surface area contributed by atoms with Crippen molar-refractivity contribution in [3.63, 3.8) is 0 Å². The van der Waals surface area contributed by atoms with Gasteiger partial charge in [-0.15, -0.1) is 0 Å². The van der Waals surface area contributed by atoms with E-state index in [9.17, 15) is 4.79 Å². The van der Waals surface area contributed by atoms with Crippen molar-refractivity contribution in [1.82, 2.24) is 9.80 Å². The summed E-state index contributed by atoms with van der Waals surface area (Å²) >= 11 is 0. The fourth-order valence-corrected chi connectivity index (χ4v) is 3.78. The van der Waals surface area contributed by atoms with Crippen molar-refractivity contribution in [2.75, 3.05) is 32.8 Å². The van der Waals surface area contributed by atoms with E-state index in [0.717, 1.165) is 45.0 Å². The quantitative estimate of drug-likeness (QED) is 0.857. The van der Waals surface area contributed by atoms with E-state index in [2.05, 4.69) is 4.90 Å². The van der Waals surface area contributed by atoms with Gasteiger partial charge in [0.1, 0.15) is 0 Å². The van der Waals surface area contributed by atoms with Crippen molar-refractivity contribution in [2.45, 2.75) is 37.8 Å². The Morgan fingerprint density at radius 1 is 1.18 bits per heavy atom. The molecule has 1 saturated carbocycles. The molecule has 2 unspecified atom stereocenters. The molecule has 2 atom stereocenters. The van der Waals surface area contributed by atoms with Gasteiger partial charge in [0.25, 0.3) is 5.91 Å². The molecule has 3 heterocycles. The van der Waals surface area contributed by atoms with E-state index in [1.807, 2.05) is 4.90 Å². The summed E-state index contributed by atoms with van der Waals surface area (Å²) < 4.78 is 11.3. The number of carbonyl (C=O) groups excluding carboxylic acids is 1. The fraction of sp³-hybridized carbons (Fsp3) is 0.706. The summed E-state index contributed by atoms with van der Waals surface area (Å²) in [6.07, 6.45) is 6.55. The van der Waals surface area contributed by atoms with E-state index in [0.29, 0.717) is 11.8 Å². The minimum absolute atomic E-state index is 0.0115. The van der Waals surface area contributed by atoms with Crippen LogP contribution in [0, 0.1) is 5.92 Å². The van der Waals surface area contributed by atoms with Crippen molar-refractivity contribution in [3.05, 3.63) is 24.2 Å². The van der Waals surface area contributed by atoms with Crippen molar-refractivity contribution in [3.8, 4) is 0 Å². The maximum atomic E-state index is 12.5. The van der Waals surface area contributed by atoms with Crippen LogP contribution in [0.5, 0.6) is 0 Å². The number of ether oxygens (including phenoxy) is 1. The number of hydrogen-bond acceptors (Lipinski definition) is 4. The van der Waals surface area contributed by atoms with Crippen LogP contribution in [0.25, 0.3) is 0 Å². The van der Waals surface area contributed by atoms with Gasteiger partial charge < -0.3 is 14.1 Å². The number of amides is 1. The van der Waals surface area contributed by atoms with Crippen LogP contribution in [0.2, 0.25) is 0 Å². The molecular weight excluding hydrogens is 280 g/mol. The maximum Gasteiger partial charge on any atom is 0.289 e. The molecule has 5 heteroatoms. The zero-order valence-electron chi connectivity index (χ0n) is 12.9. The van der Waals surface area contributed by atoms with E-state index in [1.54, 1.807) is 18.4 Å². The molecule has 1 aliphatic carbocycles. The van der Waals surface area contributed by atoms with Gasteiger partial charge in [0.2, 0.25) is 0 Å². The third-order valence-electron chi connectivity index (χ3n) is 5.20. The average molecular weight is 304 g/mol. The predicted molar refractivity (Wildman–Crippen MR) is 81.7 cm³/mol. The molecule has 0 aromatic carbocycles. The second-order valence-electron chi connectivity index (χ2n) is 6.76. The molecule has 3 aliphatic rings. The Hall–Kier alpha value is -1.33. The van der Waals surface area contributed by atoms with Gasteiger partial charge >= 0.3 is 0 Å². The minimum atomic E-state index is 0.0115. The summed E-state index contributed by atoms with van der Waals surface area (Å²) in [4.78, 5) is 17.0. The Morgan fingerprint density at radius 2 is 2.05 bits per heavy atom. The lowest BCUT2D eigenvalue weighted by atomic mass is 10.0. The van der Waals surface area contributed by atoms with Crippen LogP contribution in [0.15, 0.2) is 22.8 Å². The molecule has 2 aliphatic heterocycles. The van der Waals surface area contributed by atoms with Crippen LogP contribution >= 0.6 is 0 Å². The number of nitrogens with zero attached hydrogens (tertiary/aromatic N) is 2. The van der Waals surface area contributed by atoms with Crippen LogP contribution in [-0.2, 0) is 4.74 Å². The van der Waals surface area contributed by atoms with Gasteiger partial charge in [0.15, 0.2) is 5.76 Å². The maximum absolute atomic E-state index is 12.5. The Morgan fingerprint density at radius 3 is 2.82 bits per heavy atom. The molecular formula is C17H24N2O3. The summed E-state index contributed by atoms with van der Waals surface area (Å²) in [5, 5.41) is 0. The number of morpholine rings is 1. The van der Waals surface area contributed by atoms with Gasteiger partial charge in [-0.2, -0.15) is 0 Å². The Balaban J connectivity index is 1.43. The van der Waals surface area contributed by atoms with Gasteiger partial charge in [-0.25, -0.2) is 0 Å². The number of furan rings is 1. The van der Waals surface area contributed by atoms with Crippen LogP contribution in [0.1, 0.15) is 36.2 Å². The Kier molecular flexibility index (Phi) is 3.92. The highest BCUT2D eigenvalue weighted by Gasteiger charge is 2.38. The fourth-order valence-electron chi connectivity index (χ4n) is 3.78. The van der Waals surface area contributed by atoms with Gasteiger partial charge in [0, 0.05) is 32.2 Å². The van der Waals surface area contributed by atoms with Gasteiger partial charge in [-0.3, -0.25) is 9.69 Å². The van der Waals surface area contributed by atoms with Crippen LogP contribution < -0.4 is 0 Å². The van der Waals surface area contributed by atoms with Crippen molar-refractivity contribution < 1.29 is 13.9 Å². The van der Waals surface area contributed by atoms with Crippen LogP contribution in [0.4, 0.5) is 0 Å². The zero-order valence-corrected chi connectivity index (χ0v) is 12.9. The summed E-state index contributed by atoms with van der Waals surface area (Å²) in [6.45, 7) is 4.66. The topological polar surface area (TPSA) is 45.9 Å². The van der Waals surface area contributed by atoms with E-state index >= 15 is 0 Å². The lowest BCUT2D eigenvalue weighted by Gasteiger charge is -2.40. The molecule has 1 aromatic heterocycles. The monoisotopic (exact) mass is 304 g/mol. The highest BCUT2D eigenvalue weighted by atomic mass is 16.5. The second kappa shape index (κ2) is 6.05. The van der Waals surface area contributed by atoms with Gasteiger partial charge in [-0.05, 0) is 43.7 Å². The third kappa shape index (κ3) is 2.92. The zero-order chi connectivity index (χ0) is 14.9. The first kappa shape index (κ1) is 14.3. The molecule has 0 bridgehead atoms. The molecule has 2 saturated heterocycles. The number of carbonyl (C=O) groups is 1. The number of likely N-dealkylation sites (tertiary alicyclic amines) is 1. The van der Waals surface area contributed by atoms with E-state index in [1.165, 1.54) is 19.4 Å². The summed E-state index contributed by atoms with van der Waals surface area (Å²) in [5.41, 5.74) is 0. The number of hydrogen-bond donors (Lipinski definition) is 0. The van der Waals surface area contributed by atoms with Gasteiger partial charge in [-0.1, -0.05) is 0 Å². The SMILES string of the molecule is O=C(c1ccco1)N1CCC2OCCN(CC3CC3)C2CC1. The lowest BCUT2D eigenvalue weighted by molar-refractivity contribution is -0.0727. The standard InChI is InChI=1S/C17H24N2O3/c20-17(16-2-1-10-21-16)18-7-5-14-15(6-8-18)22-11-9-19(14)12-13-3-4-13/h1-2,10,13-15H,3-9,11-12H2. The summed E-state index contributed by atoms with van der Waals surface area (Å²) in [5.74, 6) is 1.36. The first-order valence-corrected chi connectivity index (χ1v) is 8.49. The average Bonchev–Trinajstić information content (AvgIpc) is 3.23. The summed E-state index contributed by atoms with van der Waals surface area (Å²) in [7, 11) is 0. The molecule has 5 nitrogen and oxygen atoms in total. The first-order chi connectivity index (χ1) is 10.8. The lowest BCUT2D eigenvalue weighted by Crippen LogP contribution is -2.51. The molecule has 4 rings (SSSR count). The van der Waals surface area contributed by atoms with Crippen LogP contribution in [0.3, 0.4) is 0 Å². The second-order valence-corrected chi connectivity index (χ2v) is 6.76. The molecule has 1 amide bonds.